The Morgan fingerprint density at radius 2 is 1.80 bits per heavy atom. The molecule has 2 saturated heterocycles. The number of rotatable bonds is 7. The summed E-state index contributed by atoms with van der Waals surface area (Å²) < 4.78 is 32.3. The zero-order chi connectivity index (χ0) is 37.2. The van der Waals surface area contributed by atoms with Crippen LogP contribution >= 0.6 is 0 Å². The minimum absolute atomic E-state index is 0.0992. The van der Waals surface area contributed by atoms with Crippen LogP contribution in [0.4, 0.5) is 4.79 Å². The van der Waals surface area contributed by atoms with E-state index in [0.29, 0.717) is 31.5 Å². The molecule has 11 heteroatoms. The molecule has 1 aromatic carbocycles. The Hall–Kier alpha value is -3.09. The maximum atomic E-state index is 13.7. The molecule has 4 heterocycles. The Labute approximate surface area is 304 Å². The van der Waals surface area contributed by atoms with Gasteiger partial charge >= 0.3 is 12.1 Å². The fourth-order valence-corrected chi connectivity index (χ4v) is 8.75. The van der Waals surface area contributed by atoms with Gasteiger partial charge in [-0.15, -0.1) is 0 Å². The predicted molar refractivity (Wildman–Crippen MR) is 196 cm³/mol. The number of nitrogens with zero attached hydrogens (tertiary/aromatic N) is 3. The lowest BCUT2D eigenvalue weighted by molar-refractivity contribution is -0.295. The van der Waals surface area contributed by atoms with Crippen LogP contribution < -0.4 is 0 Å². The molecule has 1 amide bonds. The van der Waals surface area contributed by atoms with Gasteiger partial charge in [0.1, 0.15) is 12.2 Å². The number of hydrogen-bond donors (Lipinski definition) is 1. The van der Waals surface area contributed by atoms with E-state index in [1.54, 1.807) is 18.7 Å². The summed E-state index contributed by atoms with van der Waals surface area (Å²) in [6.07, 6.45) is 3.22. The lowest BCUT2D eigenvalue weighted by Gasteiger charge is -2.47. The highest BCUT2D eigenvalue weighted by molar-refractivity contribution is 5.91. The Morgan fingerprint density at radius 1 is 1.10 bits per heavy atom. The van der Waals surface area contributed by atoms with Crippen molar-refractivity contribution in [3.8, 4) is 0 Å². The van der Waals surface area contributed by atoms with Crippen LogP contribution in [0, 0.1) is 17.8 Å². The zero-order valence-electron chi connectivity index (χ0n) is 32.1. The molecule has 0 saturated carbocycles. The predicted octanol–water partition coefficient (Wildman–Crippen LogP) is 5.51. The molecular formula is C40H59N3O8. The van der Waals surface area contributed by atoms with Gasteiger partial charge in [-0.05, 0) is 73.0 Å². The molecule has 1 aromatic rings. The summed E-state index contributed by atoms with van der Waals surface area (Å²) >= 11 is 0. The molecule has 1 unspecified atom stereocenters. The van der Waals surface area contributed by atoms with E-state index in [9.17, 15) is 14.7 Å². The molecule has 12 atom stereocenters. The van der Waals surface area contributed by atoms with E-state index in [0.717, 1.165) is 11.3 Å². The summed E-state index contributed by atoms with van der Waals surface area (Å²) in [4.78, 5) is 35.8. The fraction of sp³-hybridized carbons (Fsp3) is 0.675. The summed E-state index contributed by atoms with van der Waals surface area (Å²) in [6.45, 7) is 16.7. The highest BCUT2D eigenvalue weighted by Crippen LogP contribution is 2.43. The van der Waals surface area contributed by atoms with E-state index in [1.807, 2.05) is 95.3 Å². The monoisotopic (exact) mass is 709 g/mol. The fourth-order valence-electron chi connectivity index (χ4n) is 8.75. The van der Waals surface area contributed by atoms with Gasteiger partial charge in [0.05, 0.1) is 37.0 Å². The number of esters is 1. The van der Waals surface area contributed by atoms with Gasteiger partial charge in [-0.25, -0.2) is 9.59 Å². The SMILES string of the molecule is C/C1=C\[C@H](C)[C@@H](OC2O[C@@H](C)C[C@@H](N(C)C)[C@@H]2O)[C@@](C)(OC/C=C/c2ccccc2)C[C@@H](C)C2=NCCN3C(=O)O[C@](C)([C@@H](C)OC1=O)[C@H]3[C@H]2C. The van der Waals surface area contributed by atoms with Gasteiger partial charge in [0.25, 0.3) is 0 Å². The molecule has 0 spiro atoms. The molecule has 2 fully saturated rings. The van der Waals surface area contributed by atoms with Crippen LogP contribution in [0.15, 0.2) is 53.0 Å². The Balaban J connectivity index is 1.59. The molecule has 4 aliphatic heterocycles. The number of amides is 1. The van der Waals surface area contributed by atoms with Gasteiger partial charge in [0.2, 0.25) is 0 Å². The summed E-state index contributed by atoms with van der Waals surface area (Å²) in [7, 11) is 3.90. The van der Waals surface area contributed by atoms with Crippen molar-refractivity contribution in [3.63, 3.8) is 0 Å². The molecule has 11 nitrogen and oxygen atoms in total. The van der Waals surface area contributed by atoms with Crippen molar-refractivity contribution in [1.29, 1.82) is 0 Å². The standard InChI is InChI=1S/C40H59N3O8/c1-24-21-25(2)36(45)49-29(6)40(8)34-28(5)32(41-18-19-43(34)38(46)51-40)26(3)23-39(7,47-20-14-17-30-15-12-11-13-16-30)35(24)50-37-33(44)31(42(9)10)22-27(4)48-37/h11-17,21,24,26-29,31,33-35,37,44H,18-20,22-23H2,1-10H3/b17-14+,25-21+/t24-,26+,27-,28-,29+,31+,33-,34+,35+,37?,39-,40+/m0/s1. The third kappa shape index (κ3) is 8.28. The van der Waals surface area contributed by atoms with E-state index in [1.165, 1.54) is 0 Å². The second-order valence-electron chi connectivity index (χ2n) is 15.7. The van der Waals surface area contributed by atoms with Crippen LogP contribution in [-0.2, 0) is 28.5 Å². The first-order valence-corrected chi connectivity index (χ1v) is 18.5. The first-order chi connectivity index (χ1) is 24.1. The van der Waals surface area contributed by atoms with E-state index < -0.39 is 53.9 Å². The molecule has 4 aliphatic rings. The van der Waals surface area contributed by atoms with Crippen molar-refractivity contribution in [1.82, 2.24) is 9.80 Å². The second-order valence-corrected chi connectivity index (χ2v) is 15.7. The number of fused-ring (bicyclic) bond motifs is 1. The van der Waals surface area contributed by atoms with E-state index in [-0.39, 0.29) is 36.5 Å². The first-order valence-electron chi connectivity index (χ1n) is 18.5. The summed E-state index contributed by atoms with van der Waals surface area (Å²) in [6, 6.07) is 9.47. The van der Waals surface area contributed by atoms with Crippen LogP contribution in [0.5, 0.6) is 0 Å². The number of aliphatic hydroxyl groups excluding tert-OH is 1. The molecule has 51 heavy (non-hydrogen) atoms. The van der Waals surface area contributed by atoms with Crippen molar-refractivity contribution in [3.05, 3.63) is 53.6 Å². The Morgan fingerprint density at radius 3 is 2.49 bits per heavy atom. The maximum absolute atomic E-state index is 13.7. The van der Waals surface area contributed by atoms with Gasteiger partial charge in [0, 0.05) is 35.7 Å². The van der Waals surface area contributed by atoms with Crippen LogP contribution in [0.2, 0.25) is 0 Å². The number of hydrogen-bond acceptors (Lipinski definition) is 10. The molecule has 0 aromatic heterocycles. The summed E-state index contributed by atoms with van der Waals surface area (Å²) in [5, 5.41) is 11.6. The third-order valence-corrected chi connectivity index (χ3v) is 11.4. The number of likely N-dealkylation sites (N-methyl/N-ethyl adjacent to an activating group) is 1. The van der Waals surface area contributed by atoms with Crippen molar-refractivity contribution < 1.29 is 38.4 Å². The van der Waals surface area contributed by atoms with E-state index >= 15 is 0 Å². The first kappa shape index (κ1) is 39.1. The lowest BCUT2D eigenvalue weighted by atomic mass is 9.74. The average Bonchev–Trinajstić information content (AvgIpc) is 3.20. The Bertz CT molecular complexity index is 1480. The third-order valence-electron chi connectivity index (χ3n) is 11.4. The van der Waals surface area contributed by atoms with Gasteiger partial charge < -0.3 is 33.7 Å². The normalized spacial score (nSPS) is 40.6. The topological polar surface area (TPSA) is 119 Å². The number of cyclic esters (lactones) is 1. The molecule has 1 N–H and O–H groups in total. The maximum Gasteiger partial charge on any atom is 0.410 e. The number of aliphatic imine (C=N–C) groups is 1. The molecule has 0 aliphatic carbocycles. The van der Waals surface area contributed by atoms with Crippen LogP contribution in [0.3, 0.4) is 0 Å². The largest absolute Gasteiger partial charge is 0.455 e. The van der Waals surface area contributed by atoms with Crippen molar-refractivity contribution >= 4 is 23.9 Å². The number of carbonyl (C=O) groups excluding carboxylic acids is 2. The second kappa shape index (κ2) is 15.9. The van der Waals surface area contributed by atoms with Crippen molar-refractivity contribution in [2.45, 2.75) is 122 Å². The number of ether oxygens (including phenoxy) is 5. The van der Waals surface area contributed by atoms with Gasteiger partial charge in [0.15, 0.2) is 11.9 Å². The number of aliphatic hydroxyl groups is 1. The van der Waals surface area contributed by atoms with Gasteiger partial charge in [-0.3, -0.25) is 9.89 Å². The summed E-state index contributed by atoms with van der Waals surface area (Å²) in [5.74, 6) is -1.19. The summed E-state index contributed by atoms with van der Waals surface area (Å²) in [5.41, 5.74) is 0.350. The average molecular weight is 710 g/mol. The van der Waals surface area contributed by atoms with Gasteiger partial charge in [-0.2, -0.15) is 0 Å². The van der Waals surface area contributed by atoms with Crippen molar-refractivity contribution in [2.24, 2.45) is 22.7 Å². The number of benzene rings is 1. The molecule has 0 radical (unpaired) electrons. The highest BCUT2D eigenvalue weighted by Gasteiger charge is 2.59. The Kier molecular flexibility index (Phi) is 12.2. The molecule has 282 valence electrons. The van der Waals surface area contributed by atoms with Crippen molar-refractivity contribution in [2.75, 3.05) is 33.8 Å². The highest BCUT2D eigenvalue weighted by atomic mass is 16.7. The lowest BCUT2D eigenvalue weighted by Crippen LogP contribution is -2.59. The molecular weight excluding hydrogens is 650 g/mol. The van der Waals surface area contributed by atoms with E-state index in [2.05, 4.69) is 13.8 Å². The smallest absolute Gasteiger partial charge is 0.410 e. The minimum Gasteiger partial charge on any atom is -0.455 e. The quantitative estimate of drug-likeness (QED) is 0.366. The van der Waals surface area contributed by atoms with Crippen LogP contribution in [0.1, 0.15) is 73.8 Å². The minimum atomic E-state index is -1.09. The molecule has 5 rings (SSSR count). The van der Waals surface area contributed by atoms with E-state index in [4.69, 9.17) is 28.7 Å². The zero-order valence-corrected chi connectivity index (χ0v) is 32.1. The van der Waals surface area contributed by atoms with Gasteiger partial charge in [-0.1, -0.05) is 69.3 Å². The van der Waals surface area contributed by atoms with Crippen LogP contribution in [0.25, 0.3) is 6.08 Å². The molecule has 2 bridgehead atoms. The number of carbonyl (C=O) groups is 2. The van der Waals surface area contributed by atoms with Crippen LogP contribution in [-0.4, -0.2) is 120 Å².